The van der Waals surface area contributed by atoms with E-state index in [0.29, 0.717) is 15.6 Å². The Kier molecular flexibility index (Phi) is 4.63. The largest absolute Gasteiger partial charge is 0.389 e. The van der Waals surface area contributed by atoms with E-state index in [1.54, 1.807) is 0 Å². The van der Waals surface area contributed by atoms with Crippen molar-refractivity contribution in [1.29, 1.82) is 0 Å². The molecule has 0 bridgehead atoms. The Morgan fingerprint density at radius 2 is 1.95 bits per heavy atom. The molecule has 0 fully saturated rings. The minimum absolute atomic E-state index is 0.320. The second-order valence-corrected chi connectivity index (χ2v) is 5.41. The Balaban J connectivity index is 2.46. The van der Waals surface area contributed by atoms with Crippen LogP contribution in [-0.2, 0) is 0 Å². The fourth-order valence-electron chi connectivity index (χ4n) is 2.23. The summed E-state index contributed by atoms with van der Waals surface area (Å²) in [5, 5.41) is 0.585. The van der Waals surface area contributed by atoms with Crippen molar-refractivity contribution >= 4 is 40.2 Å². The van der Waals surface area contributed by atoms with E-state index in [4.69, 9.17) is 29.6 Å². The van der Waals surface area contributed by atoms with Crippen LogP contribution in [0, 0.1) is 6.92 Å². The predicted molar refractivity (Wildman–Crippen MR) is 91.2 cm³/mol. The monoisotopic (exact) mass is 304 g/mol. The van der Waals surface area contributed by atoms with Gasteiger partial charge in [0.15, 0.2) is 0 Å². The lowest BCUT2D eigenvalue weighted by molar-refractivity contribution is 1.02. The van der Waals surface area contributed by atoms with Gasteiger partial charge < -0.3 is 10.6 Å². The minimum atomic E-state index is 0.320. The first-order valence-electron chi connectivity index (χ1n) is 6.47. The molecule has 0 saturated heterocycles. The number of thiocarbonyl (C=S) groups is 1. The molecule has 0 aromatic heterocycles. The number of nitrogens with zero attached hydrogens (tertiary/aromatic N) is 1. The lowest BCUT2D eigenvalue weighted by Crippen LogP contribution is -2.17. The van der Waals surface area contributed by atoms with Crippen LogP contribution in [0.25, 0.3) is 0 Å². The summed E-state index contributed by atoms with van der Waals surface area (Å²) in [4.78, 5) is 2.53. The van der Waals surface area contributed by atoms with E-state index in [-0.39, 0.29) is 0 Å². The zero-order valence-electron chi connectivity index (χ0n) is 11.6. The van der Waals surface area contributed by atoms with Crippen LogP contribution in [0.1, 0.15) is 18.1 Å². The third kappa shape index (κ3) is 2.94. The van der Waals surface area contributed by atoms with Gasteiger partial charge in [-0.05, 0) is 43.7 Å². The van der Waals surface area contributed by atoms with E-state index >= 15 is 0 Å². The molecule has 2 aromatic rings. The van der Waals surface area contributed by atoms with E-state index in [0.717, 1.165) is 12.2 Å². The van der Waals surface area contributed by atoms with Crippen LogP contribution in [0.3, 0.4) is 0 Å². The molecule has 0 amide bonds. The molecule has 20 heavy (non-hydrogen) atoms. The highest BCUT2D eigenvalue weighted by Gasteiger charge is 2.12. The molecule has 0 unspecified atom stereocenters. The van der Waals surface area contributed by atoms with Gasteiger partial charge in [-0.15, -0.1) is 0 Å². The van der Waals surface area contributed by atoms with Gasteiger partial charge in [-0.1, -0.05) is 42.0 Å². The normalized spacial score (nSPS) is 10.3. The maximum atomic E-state index is 6.26. The molecule has 2 N–H and O–H groups in total. The zero-order chi connectivity index (χ0) is 14.7. The third-order valence-electron chi connectivity index (χ3n) is 3.25. The van der Waals surface area contributed by atoms with Gasteiger partial charge >= 0.3 is 0 Å². The summed E-state index contributed by atoms with van der Waals surface area (Å²) < 4.78 is 0. The summed E-state index contributed by atoms with van der Waals surface area (Å²) in [5.74, 6) is 0. The van der Waals surface area contributed by atoms with Crippen molar-refractivity contribution < 1.29 is 0 Å². The first-order valence-corrected chi connectivity index (χ1v) is 7.25. The van der Waals surface area contributed by atoms with Crippen molar-refractivity contribution in [3.8, 4) is 0 Å². The average Bonchev–Trinajstić information content (AvgIpc) is 2.41. The second-order valence-electron chi connectivity index (χ2n) is 4.56. The van der Waals surface area contributed by atoms with Crippen LogP contribution < -0.4 is 10.6 Å². The number of rotatable bonds is 4. The molecule has 0 aliphatic heterocycles. The molecule has 4 heteroatoms. The number of benzene rings is 2. The molecule has 2 nitrogen and oxygen atoms in total. The smallest absolute Gasteiger partial charge is 0.105 e. The third-order valence-corrected chi connectivity index (χ3v) is 3.78. The number of anilines is 2. The Morgan fingerprint density at radius 1 is 1.25 bits per heavy atom. The SMILES string of the molecule is CCN(c1ccc(C(N)=S)c(Cl)c1)c1ccccc1C. The quantitative estimate of drug-likeness (QED) is 0.847. The number of halogens is 1. The Hall–Kier alpha value is -1.58. The number of aryl methyl sites for hydroxylation is 1. The molecule has 0 aliphatic rings. The second kappa shape index (κ2) is 6.25. The van der Waals surface area contributed by atoms with E-state index in [1.165, 1.54) is 11.3 Å². The van der Waals surface area contributed by atoms with Crippen LogP contribution in [0.15, 0.2) is 42.5 Å². The van der Waals surface area contributed by atoms with Gasteiger partial charge in [0.25, 0.3) is 0 Å². The number of hydrogen-bond acceptors (Lipinski definition) is 2. The molecule has 0 spiro atoms. The molecule has 2 aromatic carbocycles. The van der Waals surface area contributed by atoms with Gasteiger partial charge in [-0.2, -0.15) is 0 Å². The molecule has 0 radical (unpaired) electrons. The van der Waals surface area contributed by atoms with E-state index in [2.05, 4.69) is 30.9 Å². The zero-order valence-corrected chi connectivity index (χ0v) is 13.1. The van der Waals surface area contributed by atoms with Crippen LogP contribution >= 0.6 is 23.8 Å². The minimum Gasteiger partial charge on any atom is -0.389 e. The van der Waals surface area contributed by atoms with Gasteiger partial charge in [0.05, 0.1) is 5.02 Å². The topological polar surface area (TPSA) is 29.3 Å². The molecular formula is C16H17ClN2S. The van der Waals surface area contributed by atoms with Crippen molar-refractivity contribution in [2.45, 2.75) is 13.8 Å². The van der Waals surface area contributed by atoms with E-state index in [1.807, 2.05) is 30.3 Å². The standard InChI is InChI=1S/C16H17ClN2S/c1-3-19(15-7-5-4-6-11(15)2)12-8-9-13(16(18)20)14(17)10-12/h4-10H,3H2,1-2H3,(H2,18,20). The fourth-order valence-corrected chi connectivity index (χ4v) is 2.74. The molecule has 104 valence electrons. The van der Waals surface area contributed by atoms with E-state index < -0.39 is 0 Å². The average molecular weight is 305 g/mol. The number of nitrogens with two attached hydrogens (primary N) is 1. The summed E-state index contributed by atoms with van der Waals surface area (Å²) in [6.45, 7) is 5.07. The van der Waals surface area contributed by atoms with Crippen LogP contribution in [0.2, 0.25) is 5.02 Å². The van der Waals surface area contributed by atoms with Crippen molar-refractivity contribution in [3.63, 3.8) is 0 Å². The van der Waals surface area contributed by atoms with Gasteiger partial charge in [0.2, 0.25) is 0 Å². The molecule has 0 saturated carbocycles. The maximum Gasteiger partial charge on any atom is 0.105 e. The maximum absolute atomic E-state index is 6.26. The molecule has 2 rings (SSSR count). The Morgan fingerprint density at radius 3 is 2.50 bits per heavy atom. The fraction of sp³-hybridized carbons (Fsp3) is 0.188. The molecular weight excluding hydrogens is 288 g/mol. The summed E-state index contributed by atoms with van der Waals surface area (Å²) in [5.41, 5.74) is 9.79. The van der Waals surface area contributed by atoms with Crippen LogP contribution in [0.4, 0.5) is 11.4 Å². The van der Waals surface area contributed by atoms with Crippen LogP contribution in [-0.4, -0.2) is 11.5 Å². The number of para-hydroxylation sites is 1. The molecule has 0 atom stereocenters. The summed E-state index contributed by atoms with van der Waals surface area (Å²) in [6.07, 6.45) is 0. The lowest BCUT2D eigenvalue weighted by Gasteiger charge is -2.25. The highest BCUT2D eigenvalue weighted by molar-refractivity contribution is 7.80. The highest BCUT2D eigenvalue weighted by atomic mass is 35.5. The first kappa shape index (κ1) is 14.8. The Labute approximate surface area is 130 Å². The van der Waals surface area contributed by atoms with Crippen molar-refractivity contribution in [2.24, 2.45) is 5.73 Å². The lowest BCUT2D eigenvalue weighted by atomic mass is 10.1. The number of hydrogen-bond donors (Lipinski definition) is 1. The van der Waals surface area contributed by atoms with Crippen molar-refractivity contribution in [1.82, 2.24) is 0 Å². The summed E-state index contributed by atoms with van der Waals surface area (Å²) in [6, 6.07) is 14.1. The molecule has 0 heterocycles. The highest BCUT2D eigenvalue weighted by Crippen LogP contribution is 2.31. The predicted octanol–water partition coefficient (Wildman–Crippen LogP) is 4.44. The summed E-state index contributed by atoms with van der Waals surface area (Å²) in [7, 11) is 0. The van der Waals surface area contributed by atoms with Crippen molar-refractivity contribution in [2.75, 3.05) is 11.4 Å². The van der Waals surface area contributed by atoms with E-state index in [9.17, 15) is 0 Å². The van der Waals surface area contributed by atoms with Gasteiger partial charge in [0.1, 0.15) is 4.99 Å². The Bertz CT molecular complexity index is 640. The van der Waals surface area contributed by atoms with Gasteiger partial charge in [0, 0.05) is 23.5 Å². The first-order chi connectivity index (χ1) is 9.54. The molecule has 0 aliphatic carbocycles. The van der Waals surface area contributed by atoms with Crippen LogP contribution in [0.5, 0.6) is 0 Å². The summed E-state index contributed by atoms with van der Waals surface area (Å²) >= 11 is 11.2. The van der Waals surface area contributed by atoms with Gasteiger partial charge in [-0.25, -0.2) is 0 Å². The van der Waals surface area contributed by atoms with Gasteiger partial charge in [-0.3, -0.25) is 0 Å². The van der Waals surface area contributed by atoms with Crippen molar-refractivity contribution in [3.05, 3.63) is 58.6 Å².